The number of aryl methyl sites for hydroxylation is 2. The van der Waals surface area contributed by atoms with Crippen LogP contribution in [0.1, 0.15) is 95.3 Å². The number of allylic oxidation sites excluding steroid dienone is 2. The second-order valence-corrected chi connectivity index (χ2v) is 14.3. The van der Waals surface area contributed by atoms with E-state index in [1.807, 2.05) is 60.7 Å². The molecule has 10 rings (SSSR count). The zero-order valence-corrected chi connectivity index (χ0v) is 31.4. The molecule has 0 aromatic heterocycles. The van der Waals surface area contributed by atoms with Crippen molar-refractivity contribution in [3.8, 4) is 0 Å². The van der Waals surface area contributed by atoms with E-state index in [1.165, 1.54) is 50.1 Å². The molecule has 2 atom stereocenters. The van der Waals surface area contributed by atoms with Crippen molar-refractivity contribution in [1.82, 2.24) is 0 Å². The molecule has 5 aromatic rings. The minimum atomic E-state index is -0.198. The average Bonchev–Trinajstić information content (AvgIpc) is 4.02. The molecule has 0 radical (unpaired) electrons. The predicted molar refractivity (Wildman–Crippen MR) is 211 cm³/mol. The van der Waals surface area contributed by atoms with Crippen LogP contribution in [0.5, 0.6) is 0 Å². The summed E-state index contributed by atoms with van der Waals surface area (Å²) in [6.45, 7) is 0. The Morgan fingerprint density at radius 2 is 1.17 bits per heavy atom. The number of halogens is 1. The summed E-state index contributed by atoms with van der Waals surface area (Å²) in [6, 6.07) is 36.9. The van der Waals surface area contributed by atoms with E-state index in [2.05, 4.69) is 88.8 Å². The number of Topliss-reactive ketones (excluding diaryl/α,β-unsaturated/α-hetero) is 2. The van der Waals surface area contributed by atoms with E-state index < -0.39 is 0 Å². The van der Waals surface area contributed by atoms with Crippen molar-refractivity contribution in [3.63, 3.8) is 0 Å². The Labute approximate surface area is 328 Å². The molecule has 5 aliphatic carbocycles. The summed E-state index contributed by atoms with van der Waals surface area (Å²) in [5.41, 5.74) is 15.1. The standard InChI is InChI=1S/C19H16O.C10H9Br.C9H10O.C9H8O.Li/c20-19-16(12-15-5-1-2-9-18(15)19)11-14-8-3-6-13-7-4-10-17(13)14;11-7-9-5-1-3-8-4-2-6-10(8)9;2*10-9-6-5-7-3-1-2-4-8(7)9;/h1-6,8-10,16H,7,11-12H2;1-3,5-6H,4,7H2;1-4,9-10H,5-6H2;1-4H,5-6H2;/q;;;;+1. The van der Waals surface area contributed by atoms with Gasteiger partial charge in [-0.15, -0.1) is 0 Å². The van der Waals surface area contributed by atoms with Crippen molar-refractivity contribution in [2.75, 3.05) is 0 Å². The van der Waals surface area contributed by atoms with Gasteiger partial charge in [0.15, 0.2) is 11.6 Å². The first-order chi connectivity index (χ1) is 25.0. The second-order valence-electron chi connectivity index (χ2n) is 13.8. The van der Waals surface area contributed by atoms with Crippen molar-refractivity contribution in [2.24, 2.45) is 5.92 Å². The molecule has 5 aliphatic rings. The van der Waals surface area contributed by atoms with Crippen molar-refractivity contribution >= 4 is 39.6 Å². The van der Waals surface area contributed by atoms with E-state index in [-0.39, 0.29) is 30.9 Å². The summed E-state index contributed by atoms with van der Waals surface area (Å²) in [4.78, 5) is 23.5. The van der Waals surface area contributed by atoms with Crippen LogP contribution in [0.3, 0.4) is 0 Å². The minimum Gasteiger partial charge on any atom is -0.388 e. The Bertz CT molecular complexity index is 2130. The van der Waals surface area contributed by atoms with Gasteiger partial charge in [-0.05, 0) is 101 Å². The first-order valence-electron chi connectivity index (χ1n) is 18.1. The molecule has 0 saturated heterocycles. The van der Waals surface area contributed by atoms with E-state index in [1.54, 1.807) is 0 Å². The fourth-order valence-corrected chi connectivity index (χ4v) is 8.38. The van der Waals surface area contributed by atoms with Gasteiger partial charge in [0.25, 0.3) is 0 Å². The average molecular weight is 743 g/mol. The van der Waals surface area contributed by atoms with Crippen LogP contribution >= 0.6 is 15.9 Å². The Hall–Kier alpha value is -4.04. The van der Waals surface area contributed by atoms with Crippen molar-refractivity contribution in [2.45, 2.75) is 62.8 Å². The van der Waals surface area contributed by atoms with Gasteiger partial charge in [0, 0.05) is 28.8 Å². The third kappa shape index (κ3) is 8.43. The van der Waals surface area contributed by atoms with Gasteiger partial charge in [0.1, 0.15) is 0 Å². The summed E-state index contributed by atoms with van der Waals surface area (Å²) in [6.07, 6.45) is 16.1. The SMILES string of the molecule is BrCc1cccc2c1C=CC2.O=C1CCc2ccccc21.O=C1c2ccccc2CC1Cc1cccc2c1C=CC2.OC1CCc2ccccc21.[Li+]. The number of fused-ring (bicyclic) bond motifs is 5. The van der Waals surface area contributed by atoms with E-state index in [0.717, 1.165) is 67.0 Å². The summed E-state index contributed by atoms with van der Waals surface area (Å²) in [5, 5.41) is 10.3. The van der Waals surface area contributed by atoms with Gasteiger partial charge in [-0.25, -0.2) is 0 Å². The molecule has 0 fully saturated rings. The van der Waals surface area contributed by atoms with Crippen LogP contribution in [0.4, 0.5) is 0 Å². The topological polar surface area (TPSA) is 54.4 Å². The molecule has 2 unspecified atom stereocenters. The van der Waals surface area contributed by atoms with Gasteiger partial charge in [-0.1, -0.05) is 149 Å². The van der Waals surface area contributed by atoms with E-state index in [4.69, 9.17) is 0 Å². The quantitative estimate of drug-likeness (QED) is 0.154. The van der Waals surface area contributed by atoms with Gasteiger partial charge in [-0.2, -0.15) is 0 Å². The Kier molecular flexibility index (Phi) is 12.8. The summed E-state index contributed by atoms with van der Waals surface area (Å²) >= 11 is 3.48. The number of ketones is 2. The number of benzene rings is 5. The molecular formula is C47H43BrLiO3+. The number of aliphatic hydroxyl groups excluding tert-OH is 1. The van der Waals surface area contributed by atoms with Crippen LogP contribution in [0, 0.1) is 5.92 Å². The molecule has 0 spiro atoms. The van der Waals surface area contributed by atoms with Crippen LogP contribution in [0.25, 0.3) is 12.2 Å². The number of hydrogen-bond acceptors (Lipinski definition) is 3. The molecule has 1 N–H and O–H groups in total. The van der Waals surface area contributed by atoms with Crippen molar-refractivity contribution in [3.05, 3.63) is 188 Å². The minimum absolute atomic E-state index is 0. The maximum atomic E-state index is 12.5. The van der Waals surface area contributed by atoms with Gasteiger partial charge in [-0.3, -0.25) is 9.59 Å². The molecule has 0 amide bonds. The Morgan fingerprint density at radius 3 is 1.83 bits per heavy atom. The molecule has 52 heavy (non-hydrogen) atoms. The van der Waals surface area contributed by atoms with Gasteiger partial charge < -0.3 is 5.11 Å². The molecule has 5 aromatic carbocycles. The van der Waals surface area contributed by atoms with Crippen LogP contribution in [0.2, 0.25) is 0 Å². The van der Waals surface area contributed by atoms with Crippen molar-refractivity contribution < 1.29 is 33.6 Å². The molecule has 5 heteroatoms. The first kappa shape index (κ1) is 37.7. The third-order valence-corrected chi connectivity index (χ3v) is 11.2. The van der Waals surface area contributed by atoms with E-state index in [9.17, 15) is 14.7 Å². The van der Waals surface area contributed by atoms with Crippen molar-refractivity contribution in [1.29, 1.82) is 0 Å². The van der Waals surface area contributed by atoms with Crippen LogP contribution in [0.15, 0.2) is 121 Å². The monoisotopic (exact) mass is 741 g/mol. The number of alkyl halides is 1. The van der Waals surface area contributed by atoms with Crippen LogP contribution < -0.4 is 18.9 Å². The summed E-state index contributed by atoms with van der Waals surface area (Å²) < 4.78 is 0. The zero-order chi connectivity index (χ0) is 35.2. The summed E-state index contributed by atoms with van der Waals surface area (Å²) in [7, 11) is 0. The number of hydrogen-bond donors (Lipinski definition) is 1. The molecule has 0 heterocycles. The third-order valence-electron chi connectivity index (χ3n) is 10.6. The molecule has 0 aliphatic heterocycles. The summed E-state index contributed by atoms with van der Waals surface area (Å²) in [5.74, 6) is 0.740. The fraction of sp³-hybridized carbons (Fsp3) is 0.234. The van der Waals surface area contributed by atoms with Gasteiger partial charge in [0.05, 0.1) is 6.10 Å². The maximum absolute atomic E-state index is 12.5. The Morgan fingerprint density at radius 1 is 0.596 bits per heavy atom. The van der Waals surface area contributed by atoms with Gasteiger partial charge >= 0.3 is 18.9 Å². The van der Waals surface area contributed by atoms with E-state index >= 15 is 0 Å². The fourth-order valence-electron chi connectivity index (χ4n) is 7.89. The van der Waals surface area contributed by atoms with Crippen LogP contribution in [-0.4, -0.2) is 16.7 Å². The first-order valence-corrected chi connectivity index (χ1v) is 19.2. The number of aliphatic hydroxyl groups is 1. The molecular weight excluding hydrogens is 699 g/mol. The Balaban J connectivity index is 0.000000125. The zero-order valence-electron chi connectivity index (χ0n) is 29.9. The smallest absolute Gasteiger partial charge is 0.388 e. The maximum Gasteiger partial charge on any atom is 1.00 e. The number of carbonyl (C=O) groups is 2. The van der Waals surface area contributed by atoms with Gasteiger partial charge in [0.2, 0.25) is 0 Å². The normalized spacial score (nSPS) is 17.6. The molecule has 256 valence electrons. The molecule has 0 saturated carbocycles. The largest absolute Gasteiger partial charge is 1.00 e. The van der Waals surface area contributed by atoms with Crippen LogP contribution in [-0.2, 0) is 43.9 Å². The van der Waals surface area contributed by atoms with E-state index in [0.29, 0.717) is 18.0 Å². The molecule has 3 nitrogen and oxygen atoms in total. The number of rotatable bonds is 3. The number of carbonyl (C=O) groups excluding carboxylic acids is 2. The molecule has 0 bridgehead atoms. The predicted octanol–water partition coefficient (Wildman–Crippen LogP) is 7.49. The second kappa shape index (κ2) is 17.7.